The summed E-state index contributed by atoms with van der Waals surface area (Å²) in [4.78, 5) is 44.5. The van der Waals surface area contributed by atoms with E-state index in [0.29, 0.717) is 41.3 Å². The molecule has 1 atom stereocenters. The van der Waals surface area contributed by atoms with E-state index in [1.165, 1.54) is 23.2 Å². The van der Waals surface area contributed by atoms with E-state index < -0.39 is 42.2 Å². The molecule has 0 fully saturated rings. The Hall–Kier alpha value is -4.23. The van der Waals surface area contributed by atoms with E-state index in [9.17, 15) is 27.6 Å². The number of carbonyl (C=O) groups is 3. The molecule has 40 heavy (non-hydrogen) atoms. The molecule has 10 nitrogen and oxygen atoms in total. The smallest absolute Gasteiger partial charge is 0.340 e. The third-order valence-electron chi connectivity index (χ3n) is 6.01. The largest absolute Gasteiger partial charge is 0.416 e. The van der Waals surface area contributed by atoms with Gasteiger partial charge in [0.15, 0.2) is 0 Å². The fourth-order valence-electron chi connectivity index (χ4n) is 3.98. The Morgan fingerprint density at radius 3 is 2.40 bits per heavy atom. The summed E-state index contributed by atoms with van der Waals surface area (Å²) in [6, 6.07) is 11.0. The summed E-state index contributed by atoms with van der Waals surface area (Å²) in [5.41, 5.74) is 6.14. The van der Waals surface area contributed by atoms with Crippen molar-refractivity contribution in [2.45, 2.75) is 32.0 Å². The van der Waals surface area contributed by atoms with Gasteiger partial charge in [-0.1, -0.05) is 37.3 Å². The minimum Gasteiger partial charge on any atom is -0.340 e. The molecule has 0 saturated carbocycles. The Morgan fingerprint density at radius 1 is 1.05 bits per heavy atom. The first-order chi connectivity index (χ1) is 19.0. The maximum absolute atomic E-state index is 13.3. The lowest BCUT2D eigenvalue weighted by Gasteiger charge is -2.26. The van der Waals surface area contributed by atoms with Gasteiger partial charge in [0, 0.05) is 31.4 Å². The number of urea groups is 1. The topological polar surface area (TPSA) is 147 Å². The Morgan fingerprint density at radius 2 is 1.75 bits per heavy atom. The summed E-state index contributed by atoms with van der Waals surface area (Å²) in [5, 5.41) is 6.58. The van der Waals surface area contributed by atoms with Crippen molar-refractivity contribution in [3.63, 3.8) is 0 Å². The number of nitrogens with one attached hydrogen (secondary N) is 2. The number of benzene rings is 2. The molecule has 4 amide bonds. The molecule has 0 aliphatic rings. The molecule has 214 valence electrons. The lowest BCUT2D eigenvalue weighted by molar-refractivity contribution is -0.137. The van der Waals surface area contributed by atoms with Crippen LogP contribution >= 0.6 is 0 Å². The number of alkyl halides is 3. The molecule has 0 radical (unpaired) electrons. The van der Waals surface area contributed by atoms with Crippen molar-refractivity contribution in [2.75, 3.05) is 31.5 Å². The van der Waals surface area contributed by atoms with Crippen LogP contribution in [0.3, 0.4) is 0 Å². The number of nitrogens with two attached hydrogens (primary N) is 2. The molecule has 6 N–H and O–H groups in total. The zero-order valence-electron chi connectivity index (χ0n) is 21.9. The molecular weight excluding hydrogens is 527 g/mol. The number of aromatic nitrogens is 1. The number of fused-ring (bicyclic) bond motifs is 1. The van der Waals surface area contributed by atoms with Gasteiger partial charge in [0.25, 0.3) is 0 Å². The van der Waals surface area contributed by atoms with Crippen molar-refractivity contribution >= 4 is 34.4 Å². The van der Waals surface area contributed by atoms with E-state index in [0.717, 1.165) is 17.5 Å². The highest BCUT2D eigenvalue weighted by molar-refractivity contribution is 5.98. The number of hydrogen-bond acceptors (Lipinski definition) is 6. The second kappa shape index (κ2) is 13.7. The summed E-state index contributed by atoms with van der Waals surface area (Å²) < 4.78 is 39.0. The molecule has 13 heteroatoms. The van der Waals surface area contributed by atoms with Crippen molar-refractivity contribution in [3.8, 4) is 0 Å². The number of hydrogen-bond donors (Lipinski definition) is 4. The first-order valence-electron chi connectivity index (χ1n) is 12.6. The van der Waals surface area contributed by atoms with Crippen LogP contribution in [0.1, 0.15) is 24.5 Å². The number of amides is 4. The average molecular weight is 560 g/mol. The highest BCUT2D eigenvalue weighted by Crippen LogP contribution is 2.29. The Kier molecular flexibility index (Phi) is 10.4. The van der Waals surface area contributed by atoms with Gasteiger partial charge in [-0.3, -0.25) is 19.6 Å². The number of halogens is 3. The van der Waals surface area contributed by atoms with Gasteiger partial charge in [0.2, 0.25) is 11.8 Å². The SMILES string of the molecule is CCCN(CCN)C(=O)CN(N)C(=O)NC(Cc1ccc(C(F)(F)F)cc1)C(=O)Nc1cnc2ccccc2c1. The van der Waals surface area contributed by atoms with Crippen LogP contribution in [0, 0.1) is 0 Å². The molecule has 0 aliphatic carbocycles. The van der Waals surface area contributed by atoms with Crippen LogP contribution in [0.5, 0.6) is 0 Å². The van der Waals surface area contributed by atoms with Gasteiger partial charge in [-0.2, -0.15) is 13.2 Å². The van der Waals surface area contributed by atoms with Crippen LogP contribution in [-0.4, -0.2) is 65.0 Å². The van der Waals surface area contributed by atoms with Gasteiger partial charge in [0.1, 0.15) is 12.6 Å². The van der Waals surface area contributed by atoms with E-state index in [1.54, 1.807) is 12.1 Å². The van der Waals surface area contributed by atoms with Crippen LogP contribution in [0.4, 0.5) is 23.7 Å². The Bertz CT molecular complexity index is 1310. The van der Waals surface area contributed by atoms with E-state index >= 15 is 0 Å². The van der Waals surface area contributed by atoms with Crippen molar-refractivity contribution < 1.29 is 27.6 Å². The molecule has 0 spiro atoms. The third kappa shape index (κ3) is 8.38. The zero-order valence-corrected chi connectivity index (χ0v) is 21.9. The quantitative estimate of drug-likeness (QED) is 0.161. The van der Waals surface area contributed by atoms with Crippen LogP contribution in [0.2, 0.25) is 0 Å². The molecule has 3 aromatic rings. The molecular formula is C27H32F3N7O3. The minimum absolute atomic E-state index is 0.145. The maximum atomic E-state index is 13.3. The summed E-state index contributed by atoms with van der Waals surface area (Å²) >= 11 is 0. The summed E-state index contributed by atoms with van der Waals surface area (Å²) in [7, 11) is 0. The standard InChI is InChI=1S/C27H32F3N7O3/c1-2-12-36(13-11-31)24(38)17-37(32)26(40)35-23(14-18-7-9-20(10-8-18)27(28,29)30)25(39)34-21-15-19-5-3-4-6-22(19)33-16-21/h3-10,15-16,23H,2,11-14,17,31-32H2,1H3,(H,34,39)(H,35,40). The number of hydrazine groups is 1. The number of nitrogens with zero attached hydrogens (tertiary/aromatic N) is 3. The number of pyridine rings is 1. The summed E-state index contributed by atoms with van der Waals surface area (Å²) in [6.07, 6.45) is -2.53. The second-order valence-electron chi connectivity index (χ2n) is 9.10. The lowest BCUT2D eigenvalue weighted by Crippen LogP contribution is -2.55. The fourth-order valence-corrected chi connectivity index (χ4v) is 3.98. The van der Waals surface area contributed by atoms with Crippen LogP contribution in [0.25, 0.3) is 10.9 Å². The molecule has 1 aromatic heterocycles. The van der Waals surface area contributed by atoms with Crippen LogP contribution in [-0.2, 0) is 22.2 Å². The molecule has 3 rings (SSSR count). The summed E-state index contributed by atoms with van der Waals surface area (Å²) in [6.45, 7) is 2.39. The Balaban J connectivity index is 1.77. The van der Waals surface area contributed by atoms with E-state index in [2.05, 4.69) is 15.6 Å². The Labute approximate surface area is 229 Å². The van der Waals surface area contributed by atoms with Gasteiger partial charge in [0.05, 0.1) is 23.0 Å². The number of rotatable bonds is 11. The van der Waals surface area contributed by atoms with Crippen LogP contribution in [0.15, 0.2) is 60.8 Å². The molecule has 2 aromatic carbocycles. The van der Waals surface area contributed by atoms with Crippen molar-refractivity contribution in [2.24, 2.45) is 11.6 Å². The fraction of sp³-hybridized carbons (Fsp3) is 0.333. The molecule has 0 bridgehead atoms. The summed E-state index contributed by atoms with van der Waals surface area (Å²) in [5.74, 6) is 4.78. The van der Waals surface area contributed by atoms with Crippen molar-refractivity contribution in [1.82, 2.24) is 20.2 Å². The highest BCUT2D eigenvalue weighted by Gasteiger charge is 2.30. The van der Waals surface area contributed by atoms with E-state index in [1.807, 2.05) is 25.1 Å². The number of para-hydroxylation sites is 1. The average Bonchev–Trinajstić information content (AvgIpc) is 2.92. The van der Waals surface area contributed by atoms with Gasteiger partial charge in [-0.25, -0.2) is 10.6 Å². The zero-order chi connectivity index (χ0) is 29.3. The third-order valence-corrected chi connectivity index (χ3v) is 6.01. The lowest BCUT2D eigenvalue weighted by atomic mass is 10.0. The maximum Gasteiger partial charge on any atom is 0.416 e. The predicted octanol–water partition coefficient (Wildman–Crippen LogP) is 2.89. The van der Waals surface area contributed by atoms with Gasteiger partial charge in [-0.15, -0.1) is 0 Å². The first-order valence-corrected chi connectivity index (χ1v) is 12.6. The van der Waals surface area contributed by atoms with Crippen LogP contribution < -0.4 is 22.2 Å². The number of anilines is 1. The molecule has 1 unspecified atom stereocenters. The first kappa shape index (κ1) is 30.3. The number of carbonyl (C=O) groups excluding carboxylic acids is 3. The van der Waals surface area contributed by atoms with Crippen molar-refractivity contribution in [1.29, 1.82) is 0 Å². The minimum atomic E-state index is -4.52. The molecule has 0 aliphatic heterocycles. The monoisotopic (exact) mass is 559 g/mol. The predicted molar refractivity (Wildman–Crippen MR) is 145 cm³/mol. The van der Waals surface area contributed by atoms with E-state index in [-0.39, 0.29) is 13.0 Å². The van der Waals surface area contributed by atoms with Gasteiger partial charge >= 0.3 is 12.2 Å². The normalized spacial score (nSPS) is 12.1. The van der Waals surface area contributed by atoms with E-state index in [4.69, 9.17) is 11.6 Å². The van der Waals surface area contributed by atoms with Gasteiger partial charge < -0.3 is 21.3 Å². The molecule has 1 heterocycles. The van der Waals surface area contributed by atoms with Gasteiger partial charge in [-0.05, 0) is 36.2 Å². The second-order valence-corrected chi connectivity index (χ2v) is 9.10. The molecule has 0 saturated heterocycles. The highest BCUT2D eigenvalue weighted by atomic mass is 19.4. The van der Waals surface area contributed by atoms with Crippen molar-refractivity contribution in [3.05, 3.63) is 71.9 Å².